The lowest BCUT2D eigenvalue weighted by atomic mass is 10.1. The van der Waals surface area contributed by atoms with Crippen molar-refractivity contribution in [2.45, 2.75) is 10.8 Å². The molecule has 104 valence electrons. The van der Waals surface area contributed by atoms with Gasteiger partial charge in [-0.1, -0.05) is 17.8 Å². The highest BCUT2D eigenvalue weighted by Gasteiger charge is 2.12. The van der Waals surface area contributed by atoms with Crippen molar-refractivity contribution in [1.82, 2.24) is 4.98 Å². The summed E-state index contributed by atoms with van der Waals surface area (Å²) in [7, 11) is 1.22. The molecule has 0 aliphatic rings. The molecule has 4 nitrogen and oxygen atoms in total. The molecule has 0 saturated heterocycles. The van der Waals surface area contributed by atoms with Crippen molar-refractivity contribution in [3.8, 4) is 0 Å². The zero-order valence-electron chi connectivity index (χ0n) is 10.8. The standard InChI is InChI=1S/C14H13FN2O2S/c1-19-14(18)10-5-4-9(7-11(10)15)8-20-13-12(16)3-2-6-17-13/h2-7H,8,16H2,1H3. The van der Waals surface area contributed by atoms with E-state index in [1.54, 1.807) is 24.4 Å². The third-order valence-electron chi connectivity index (χ3n) is 2.61. The minimum absolute atomic E-state index is 0.0707. The van der Waals surface area contributed by atoms with Gasteiger partial charge in [-0.2, -0.15) is 0 Å². The van der Waals surface area contributed by atoms with Crippen molar-refractivity contribution in [2.75, 3.05) is 12.8 Å². The molecule has 20 heavy (non-hydrogen) atoms. The van der Waals surface area contributed by atoms with Crippen LogP contribution >= 0.6 is 11.8 Å². The Morgan fingerprint density at radius 2 is 2.25 bits per heavy atom. The first-order valence-corrected chi connectivity index (χ1v) is 6.80. The van der Waals surface area contributed by atoms with Crippen molar-refractivity contribution >= 4 is 23.4 Å². The van der Waals surface area contributed by atoms with E-state index in [9.17, 15) is 9.18 Å². The van der Waals surface area contributed by atoms with Gasteiger partial charge >= 0.3 is 5.97 Å². The van der Waals surface area contributed by atoms with E-state index in [2.05, 4.69) is 9.72 Å². The lowest BCUT2D eigenvalue weighted by Gasteiger charge is -2.06. The molecule has 0 atom stereocenters. The van der Waals surface area contributed by atoms with E-state index in [0.717, 1.165) is 5.56 Å². The quantitative estimate of drug-likeness (QED) is 0.693. The highest BCUT2D eigenvalue weighted by Crippen LogP contribution is 2.26. The second-order valence-electron chi connectivity index (χ2n) is 3.99. The average molecular weight is 292 g/mol. The fourth-order valence-corrected chi connectivity index (χ4v) is 2.45. The number of anilines is 1. The van der Waals surface area contributed by atoms with Crippen molar-refractivity contribution in [2.24, 2.45) is 0 Å². The maximum Gasteiger partial charge on any atom is 0.340 e. The maximum absolute atomic E-state index is 13.7. The van der Waals surface area contributed by atoms with Crippen LogP contribution in [0.25, 0.3) is 0 Å². The lowest BCUT2D eigenvalue weighted by Crippen LogP contribution is -2.04. The molecular weight excluding hydrogens is 279 g/mol. The SMILES string of the molecule is COC(=O)c1ccc(CSc2ncccc2N)cc1F. The number of nitrogen functional groups attached to an aromatic ring is 1. The molecule has 0 amide bonds. The molecule has 0 bridgehead atoms. The molecule has 0 aliphatic heterocycles. The highest BCUT2D eigenvalue weighted by atomic mass is 32.2. The van der Waals surface area contributed by atoms with E-state index in [0.29, 0.717) is 16.5 Å². The molecule has 0 fully saturated rings. The summed E-state index contributed by atoms with van der Waals surface area (Å²) in [4.78, 5) is 15.4. The third kappa shape index (κ3) is 3.27. The Morgan fingerprint density at radius 3 is 2.90 bits per heavy atom. The van der Waals surface area contributed by atoms with Crippen LogP contribution in [-0.4, -0.2) is 18.1 Å². The van der Waals surface area contributed by atoms with Crippen LogP contribution in [-0.2, 0) is 10.5 Å². The predicted octanol–water partition coefficient (Wildman–Crippen LogP) is 2.88. The average Bonchev–Trinajstić information content (AvgIpc) is 2.46. The number of aromatic nitrogens is 1. The van der Waals surface area contributed by atoms with Crippen LogP contribution in [0.15, 0.2) is 41.6 Å². The van der Waals surface area contributed by atoms with E-state index >= 15 is 0 Å². The topological polar surface area (TPSA) is 65.2 Å². The Labute approximate surface area is 120 Å². The second kappa shape index (κ2) is 6.38. The van der Waals surface area contributed by atoms with Crippen LogP contribution < -0.4 is 5.73 Å². The molecule has 1 aromatic carbocycles. The number of nitrogens with two attached hydrogens (primary N) is 1. The van der Waals surface area contributed by atoms with Gasteiger partial charge in [0.15, 0.2) is 0 Å². The van der Waals surface area contributed by atoms with Gasteiger partial charge in [-0.15, -0.1) is 0 Å². The Bertz CT molecular complexity index is 634. The van der Waals surface area contributed by atoms with Crippen molar-refractivity contribution < 1.29 is 13.9 Å². The Morgan fingerprint density at radius 1 is 1.45 bits per heavy atom. The molecule has 1 aromatic heterocycles. The van der Waals surface area contributed by atoms with Crippen LogP contribution in [0.4, 0.5) is 10.1 Å². The highest BCUT2D eigenvalue weighted by molar-refractivity contribution is 7.98. The second-order valence-corrected chi connectivity index (χ2v) is 4.96. The summed E-state index contributed by atoms with van der Waals surface area (Å²) in [6.07, 6.45) is 1.65. The summed E-state index contributed by atoms with van der Waals surface area (Å²) in [6, 6.07) is 7.93. The van der Waals surface area contributed by atoms with Crippen LogP contribution in [0.1, 0.15) is 15.9 Å². The van der Waals surface area contributed by atoms with Crippen molar-refractivity contribution in [3.05, 3.63) is 53.5 Å². The van der Waals surface area contributed by atoms with Gasteiger partial charge in [0.1, 0.15) is 10.8 Å². The summed E-state index contributed by atoms with van der Waals surface area (Å²) >= 11 is 1.41. The number of pyridine rings is 1. The maximum atomic E-state index is 13.7. The molecule has 0 aliphatic carbocycles. The van der Waals surface area contributed by atoms with Gasteiger partial charge in [0.2, 0.25) is 0 Å². The van der Waals surface area contributed by atoms with Crippen molar-refractivity contribution in [1.29, 1.82) is 0 Å². The van der Waals surface area contributed by atoms with E-state index in [-0.39, 0.29) is 5.56 Å². The zero-order chi connectivity index (χ0) is 14.5. The number of carbonyl (C=O) groups excluding carboxylic acids is 1. The first kappa shape index (κ1) is 14.3. The first-order valence-electron chi connectivity index (χ1n) is 5.82. The Balaban J connectivity index is 2.10. The number of thioether (sulfide) groups is 1. The first-order chi connectivity index (χ1) is 9.61. The van der Waals surface area contributed by atoms with Gasteiger partial charge in [-0.3, -0.25) is 0 Å². The smallest absolute Gasteiger partial charge is 0.340 e. The summed E-state index contributed by atoms with van der Waals surface area (Å²) in [5, 5.41) is 0.699. The van der Waals surface area contributed by atoms with Gasteiger partial charge in [0.25, 0.3) is 0 Å². The predicted molar refractivity (Wildman–Crippen MR) is 75.9 cm³/mol. The Hall–Kier alpha value is -2.08. The third-order valence-corrected chi connectivity index (χ3v) is 3.71. The van der Waals surface area contributed by atoms with Crippen LogP contribution in [0, 0.1) is 5.82 Å². The van der Waals surface area contributed by atoms with Crippen molar-refractivity contribution in [3.63, 3.8) is 0 Å². The van der Waals surface area contributed by atoms with Gasteiger partial charge in [-0.05, 0) is 29.8 Å². The molecule has 2 N–H and O–H groups in total. The Kier molecular flexibility index (Phi) is 4.57. The zero-order valence-corrected chi connectivity index (χ0v) is 11.6. The monoisotopic (exact) mass is 292 g/mol. The number of esters is 1. The van der Waals surface area contributed by atoms with Gasteiger partial charge < -0.3 is 10.5 Å². The number of nitrogens with zero attached hydrogens (tertiary/aromatic N) is 1. The molecule has 0 spiro atoms. The summed E-state index contributed by atoms with van der Waals surface area (Å²) in [5.41, 5.74) is 7.04. The van der Waals surface area contributed by atoms with E-state index < -0.39 is 11.8 Å². The van der Waals surface area contributed by atoms with Gasteiger partial charge in [-0.25, -0.2) is 14.2 Å². The number of carbonyl (C=O) groups is 1. The molecule has 0 saturated carbocycles. The van der Waals surface area contributed by atoms with Gasteiger partial charge in [0, 0.05) is 11.9 Å². The van der Waals surface area contributed by atoms with Crippen LogP contribution in [0.2, 0.25) is 0 Å². The summed E-state index contributed by atoms with van der Waals surface area (Å²) < 4.78 is 18.2. The molecular formula is C14H13FN2O2S. The minimum atomic E-state index is -0.685. The number of methoxy groups -OCH3 is 1. The number of benzene rings is 1. The normalized spacial score (nSPS) is 10.3. The fourth-order valence-electron chi connectivity index (χ4n) is 1.60. The fraction of sp³-hybridized carbons (Fsp3) is 0.143. The molecule has 2 aromatic rings. The molecule has 6 heteroatoms. The van der Waals surface area contributed by atoms with E-state index in [4.69, 9.17) is 5.73 Å². The van der Waals surface area contributed by atoms with E-state index in [1.807, 2.05) is 0 Å². The summed E-state index contributed by atoms with van der Waals surface area (Å²) in [5.74, 6) is -0.765. The van der Waals surface area contributed by atoms with Crippen LogP contribution in [0.3, 0.4) is 0 Å². The molecule has 0 unspecified atom stereocenters. The number of halogens is 1. The number of ether oxygens (including phenoxy) is 1. The lowest BCUT2D eigenvalue weighted by molar-refractivity contribution is 0.0595. The minimum Gasteiger partial charge on any atom is -0.465 e. The summed E-state index contributed by atoms with van der Waals surface area (Å²) in [6.45, 7) is 0. The molecule has 1 heterocycles. The van der Waals surface area contributed by atoms with Crippen LogP contribution in [0.5, 0.6) is 0 Å². The largest absolute Gasteiger partial charge is 0.465 e. The number of hydrogen-bond acceptors (Lipinski definition) is 5. The van der Waals surface area contributed by atoms with E-state index in [1.165, 1.54) is 31.0 Å². The number of hydrogen-bond donors (Lipinski definition) is 1. The van der Waals surface area contributed by atoms with Gasteiger partial charge in [0.05, 0.1) is 18.4 Å². The molecule has 2 rings (SSSR count). The molecule has 0 radical (unpaired) electrons. The number of rotatable bonds is 4.